The summed E-state index contributed by atoms with van der Waals surface area (Å²) >= 11 is 0. The van der Waals surface area contributed by atoms with Crippen LogP contribution in [0.1, 0.15) is 105 Å². The molecule has 4 N–H and O–H groups in total. The maximum Gasteiger partial charge on any atom is 0.411 e. The van der Waals surface area contributed by atoms with Crippen molar-refractivity contribution in [3.63, 3.8) is 0 Å². The maximum absolute atomic E-state index is 12.7. The van der Waals surface area contributed by atoms with Gasteiger partial charge in [-0.1, -0.05) is 77.6 Å². The molecule has 0 spiro atoms. The number of nitrogens with two attached hydrogens (primary N) is 1. The average molecular weight is 508 g/mol. The molecule has 0 fully saturated rings. The number of hydrogen-bond acceptors (Lipinski definition) is 5. The van der Waals surface area contributed by atoms with Crippen LogP contribution in [-0.4, -0.2) is 58.6 Å². The minimum Gasteiger partial charge on any atom is -0.480 e. The SMILES string of the molecule is CCCCCCCCCCCCCC(C(N)=O)N(CC(=O)NCC(=O)O)C(=O)OC(C)(C)C.Cl. The summed E-state index contributed by atoms with van der Waals surface area (Å²) in [6.45, 7) is 6.16. The zero-order chi connectivity index (χ0) is 25.3. The van der Waals surface area contributed by atoms with E-state index in [-0.39, 0.29) is 12.4 Å². The van der Waals surface area contributed by atoms with Gasteiger partial charge in [-0.25, -0.2) is 4.79 Å². The third-order valence-corrected chi connectivity index (χ3v) is 5.16. The van der Waals surface area contributed by atoms with E-state index in [0.717, 1.165) is 24.2 Å². The van der Waals surface area contributed by atoms with Crippen LogP contribution in [0.5, 0.6) is 0 Å². The van der Waals surface area contributed by atoms with Gasteiger partial charge in [0, 0.05) is 0 Å². The first-order chi connectivity index (χ1) is 15.5. The molecule has 0 heterocycles. The van der Waals surface area contributed by atoms with Crippen molar-refractivity contribution in [1.29, 1.82) is 0 Å². The number of halogens is 1. The summed E-state index contributed by atoms with van der Waals surface area (Å²) in [7, 11) is 0. The van der Waals surface area contributed by atoms with E-state index in [1.807, 2.05) is 0 Å². The van der Waals surface area contributed by atoms with E-state index < -0.39 is 48.6 Å². The molecule has 3 amide bonds. The molecule has 0 aromatic carbocycles. The lowest BCUT2D eigenvalue weighted by Crippen LogP contribution is -2.53. The first kappa shape index (κ1) is 34.1. The van der Waals surface area contributed by atoms with Crippen LogP contribution in [0.25, 0.3) is 0 Å². The van der Waals surface area contributed by atoms with Gasteiger partial charge in [0.1, 0.15) is 24.7 Å². The molecule has 34 heavy (non-hydrogen) atoms. The number of ether oxygens (including phenoxy) is 1. The van der Waals surface area contributed by atoms with Gasteiger partial charge in [0.15, 0.2) is 0 Å². The summed E-state index contributed by atoms with van der Waals surface area (Å²) in [6, 6.07) is -1.01. The van der Waals surface area contributed by atoms with E-state index in [9.17, 15) is 19.2 Å². The molecule has 0 radical (unpaired) electrons. The summed E-state index contributed by atoms with van der Waals surface area (Å²) in [5.41, 5.74) is 4.73. The number of carboxylic acid groups (broad SMARTS) is 1. The molecular weight excluding hydrogens is 462 g/mol. The molecular formula is C24H46ClN3O6. The molecule has 0 aliphatic carbocycles. The van der Waals surface area contributed by atoms with Gasteiger partial charge in [-0.2, -0.15) is 0 Å². The molecule has 0 saturated heterocycles. The summed E-state index contributed by atoms with van der Waals surface area (Å²) in [5, 5.41) is 10.9. The van der Waals surface area contributed by atoms with Crippen LogP contribution in [0.15, 0.2) is 0 Å². The molecule has 9 nitrogen and oxygen atoms in total. The lowest BCUT2D eigenvalue weighted by molar-refractivity contribution is -0.138. The van der Waals surface area contributed by atoms with E-state index >= 15 is 0 Å². The highest BCUT2D eigenvalue weighted by molar-refractivity contribution is 5.89. The summed E-state index contributed by atoms with van der Waals surface area (Å²) in [6.07, 6.45) is 12.1. The van der Waals surface area contributed by atoms with Crippen molar-refractivity contribution in [2.75, 3.05) is 13.1 Å². The molecule has 0 aliphatic rings. The average Bonchev–Trinajstić information content (AvgIpc) is 2.70. The molecule has 0 rings (SSSR count). The maximum atomic E-state index is 12.7. The Bertz CT molecular complexity index is 610. The van der Waals surface area contributed by atoms with Gasteiger partial charge in [0.05, 0.1) is 0 Å². The van der Waals surface area contributed by atoms with Crippen molar-refractivity contribution >= 4 is 36.3 Å². The van der Waals surface area contributed by atoms with E-state index in [0.29, 0.717) is 12.8 Å². The summed E-state index contributed by atoms with van der Waals surface area (Å²) < 4.78 is 5.35. The minimum atomic E-state index is -1.21. The van der Waals surface area contributed by atoms with Crippen molar-refractivity contribution in [2.45, 2.75) is 116 Å². The van der Waals surface area contributed by atoms with Crippen molar-refractivity contribution in [2.24, 2.45) is 5.73 Å². The monoisotopic (exact) mass is 507 g/mol. The number of nitrogens with zero attached hydrogens (tertiary/aromatic N) is 1. The molecule has 0 aromatic rings. The van der Waals surface area contributed by atoms with Crippen LogP contribution >= 0.6 is 12.4 Å². The molecule has 1 atom stereocenters. The van der Waals surface area contributed by atoms with Gasteiger partial charge in [0.25, 0.3) is 0 Å². The van der Waals surface area contributed by atoms with Crippen molar-refractivity contribution in [1.82, 2.24) is 10.2 Å². The fourth-order valence-corrected chi connectivity index (χ4v) is 3.46. The van der Waals surface area contributed by atoms with Gasteiger partial charge in [0.2, 0.25) is 11.8 Å². The van der Waals surface area contributed by atoms with Crippen LogP contribution in [0.2, 0.25) is 0 Å². The topological polar surface area (TPSA) is 139 Å². The Morgan fingerprint density at radius 1 is 0.912 bits per heavy atom. The minimum absolute atomic E-state index is 0. The van der Waals surface area contributed by atoms with Crippen LogP contribution < -0.4 is 11.1 Å². The van der Waals surface area contributed by atoms with E-state index in [2.05, 4.69) is 12.2 Å². The van der Waals surface area contributed by atoms with Gasteiger partial charge >= 0.3 is 12.1 Å². The fraction of sp³-hybridized carbons (Fsp3) is 0.833. The second-order valence-electron chi connectivity index (χ2n) is 9.52. The Hall–Kier alpha value is -2.03. The molecule has 0 aromatic heterocycles. The number of unbranched alkanes of at least 4 members (excludes halogenated alkanes) is 10. The number of carbonyl (C=O) groups excluding carboxylic acids is 3. The highest BCUT2D eigenvalue weighted by atomic mass is 35.5. The van der Waals surface area contributed by atoms with E-state index in [1.165, 1.54) is 44.9 Å². The van der Waals surface area contributed by atoms with Gasteiger partial charge in [-0.15, -0.1) is 12.4 Å². The van der Waals surface area contributed by atoms with Crippen LogP contribution in [0, 0.1) is 0 Å². The van der Waals surface area contributed by atoms with E-state index in [1.54, 1.807) is 20.8 Å². The number of hydrogen-bond donors (Lipinski definition) is 3. The van der Waals surface area contributed by atoms with E-state index in [4.69, 9.17) is 15.6 Å². The lowest BCUT2D eigenvalue weighted by atomic mass is 10.0. The number of rotatable bonds is 18. The molecule has 1 unspecified atom stereocenters. The first-order valence-corrected chi connectivity index (χ1v) is 12.2. The summed E-state index contributed by atoms with van der Waals surface area (Å²) in [4.78, 5) is 48.6. The lowest BCUT2D eigenvalue weighted by Gasteiger charge is -2.31. The summed E-state index contributed by atoms with van der Waals surface area (Å²) in [5.74, 6) is -2.63. The van der Waals surface area contributed by atoms with Gasteiger partial charge < -0.3 is 20.9 Å². The smallest absolute Gasteiger partial charge is 0.411 e. The molecule has 10 heteroatoms. The van der Waals surface area contributed by atoms with Crippen molar-refractivity contribution in [3.8, 4) is 0 Å². The zero-order valence-electron chi connectivity index (χ0n) is 21.4. The van der Waals surface area contributed by atoms with Crippen LogP contribution in [0.3, 0.4) is 0 Å². The quantitative estimate of drug-likeness (QED) is 0.235. The Labute approximate surface area is 210 Å². The molecule has 0 bridgehead atoms. The second kappa shape index (κ2) is 19.3. The number of primary amides is 1. The van der Waals surface area contributed by atoms with Crippen LogP contribution in [0.4, 0.5) is 4.79 Å². The Morgan fingerprint density at radius 3 is 1.79 bits per heavy atom. The predicted molar refractivity (Wildman–Crippen MR) is 135 cm³/mol. The molecule has 0 aliphatic heterocycles. The van der Waals surface area contributed by atoms with Crippen molar-refractivity contribution in [3.05, 3.63) is 0 Å². The van der Waals surface area contributed by atoms with Gasteiger partial charge in [-0.3, -0.25) is 19.3 Å². The number of carbonyl (C=O) groups is 4. The zero-order valence-corrected chi connectivity index (χ0v) is 22.2. The number of carboxylic acids is 1. The number of aliphatic carboxylic acids is 1. The first-order valence-electron chi connectivity index (χ1n) is 12.2. The molecule has 0 saturated carbocycles. The third kappa shape index (κ3) is 18.4. The Morgan fingerprint density at radius 2 is 1.38 bits per heavy atom. The fourth-order valence-electron chi connectivity index (χ4n) is 3.46. The third-order valence-electron chi connectivity index (χ3n) is 5.16. The number of nitrogens with one attached hydrogen (secondary N) is 1. The molecule has 200 valence electrons. The highest BCUT2D eigenvalue weighted by Gasteiger charge is 2.33. The second-order valence-corrected chi connectivity index (χ2v) is 9.52. The highest BCUT2D eigenvalue weighted by Crippen LogP contribution is 2.17. The van der Waals surface area contributed by atoms with Crippen LogP contribution in [-0.2, 0) is 19.1 Å². The standard InChI is InChI=1S/C24H45N3O6.ClH/c1-5-6-7-8-9-10-11-12-13-14-15-16-19(22(25)31)27(23(32)33-24(2,3)4)18-20(28)26-17-21(29)30;/h19H,5-18H2,1-4H3,(H2,25,31)(H,26,28)(H,29,30);1H. The Balaban J connectivity index is 0. The van der Waals surface area contributed by atoms with Crippen molar-refractivity contribution < 1.29 is 29.0 Å². The predicted octanol–water partition coefficient (Wildman–Crippen LogP) is 4.40. The largest absolute Gasteiger partial charge is 0.480 e. The van der Waals surface area contributed by atoms with Gasteiger partial charge in [-0.05, 0) is 27.2 Å². The number of amides is 3. The normalized spacial score (nSPS) is 11.8. The Kier molecular flexibility index (Phi) is 19.4.